The largest absolute Gasteiger partial charge is 0.302 e. The second-order valence-corrected chi connectivity index (χ2v) is 5.75. The minimum Gasteiger partial charge on any atom is -0.302 e. The Morgan fingerprint density at radius 1 is 1.22 bits per heavy atom. The molecule has 1 aromatic carbocycles. The maximum atomic E-state index is 11.9. The van der Waals surface area contributed by atoms with Crippen molar-refractivity contribution in [3.05, 3.63) is 29.8 Å². The van der Waals surface area contributed by atoms with Crippen LogP contribution in [0, 0.1) is 5.92 Å². The van der Waals surface area contributed by atoms with Crippen molar-refractivity contribution >= 4 is 22.9 Å². The third-order valence-electron chi connectivity index (χ3n) is 3.84. The summed E-state index contributed by atoms with van der Waals surface area (Å²) in [5.74, 6) is -0.517. The minimum absolute atomic E-state index is 0.0747. The van der Waals surface area contributed by atoms with Gasteiger partial charge in [-0.3, -0.25) is 14.9 Å². The van der Waals surface area contributed by atoms with Crippen LogP contribution in [0.25, 0.3) is 0 Å². The van der Waals surface area contributed by atoms with Crippen LogP contribution in [0.4, 0.5) is 0 Å². The SMILES string of the molecule is O=C1NC(=O)C2(c3ccc(S(=O)O)cc3)CC1C2. The molecule has 2 heterocycles. The fourth-order valence-electron chi connectivity index (χ4n) is 2.74. The summed E-state index contributed by atoms with van der Waals surface area (Å²) in [6, 6.07) is 6.46. The molecule has 18 heavy (non-hydrogen) atoms. The maximum Gasteiger partial charge on any atom is 0.237 e. The summed E-state index contributed by atoms with van der Waals surface area (Å²) in [5, 5.41) is 2.37. The normalized spacial score (nSPS) is 31.5. The van der Waals surface area contributed by atoms with E-state index in [0.717, 1.165) is 5.56 Å². The molecule has 2 saturated heterocycles. The number of imide groups is 1. The van der Waals surface area contributed by atoms with E-state index in [4.69, 9.17) is 4.55 Å². The molecule has 1 atom stereocenters. The van der Waals surface area contributed by atoms with Gasteiger partial charge in [-0.05, 0) is 30.5 Å². The Balaban J connectivity index is 1.94. The zero-order valence-electron chi connectivity index (χ0n) is 9.38. The molecule has 5 nitrogen and oxygen atoms in total. The molecule has 0 radical (unpaired) electrons. The number of rotatable bonds is 2. The second-order valence-electron chi connectivity index (χ2n) is 4.78. The van der Waals surface area contributed by atoms with Crippen LogP contribution in [0.1, 0.15) is 18.4 Å². The number of nitrogens with one attached hydrogen (secondary N) is 1. The fourth-order valence-corrected chi connectivity index (χ4v) is 3.11. The summed E-state index contributed by atoms with van der Waals surface area (Å²) in [7, 11) is 0. The van der Waals surface area contributed by atoms with Crippen molar-refractivity contribution in [1.82, 2.24) is 5.32 Å². The molecule has 1 unspecified atom stereocenters. The number of piperidine rings is 2. The first-order valence-electron chi connectivity index (χ1n) is 5.60. The highest BCUT2D eigenvalue weighted by Gasteiger charge is 2.58. The number of carbonyl (C=O) groups excluding carboxylic acids is 2. The molecule has 94 valence electrons. The highest BCUT2D eigenvalue weighted by atomic mass is 32.2. The lowest BCUT2D eigenvalue weighted by molar-refractivity contribution is -0.151. The third-order valence-corrected chi connectivity index (χ3v) is 4.52. The predicted molar refractivity (Wildman–Crippen MR) is 63.0 cm³/mol. The first-order valence-corrected chi connectivity index (χ1v) is 6.70. The van der Waals surface area contributed by atoms with Crippen LogP contribution in [0.15, 0.2) is 29.2 Å². The minimum atomic E-state index is -2.01. The molecule has 2 N–H and O–H groups in total. The van der Waals surface area contributed by atoms with Crippen molar-refractivity contribution in [3.63, 3.8) is 0 Å². The van der Waals surface area contributed by atoms with Crippen LogP contribution < -0.4 is 5.32 Å². The number of amides is 2. The predicted octanol–water partition coefficient (Wildman–Crippen LogP) is 0.571. The summed E-state index contributed by atoms with van der Waals surface area (Å²) in [5.41, 5.74) is 0.187. The summed E-state index contributed by atoms with van der Waals surface area (Å²) < 4.78 is 19.8. The zero-order chi connectivity index (χ0) is 12.9. The zero-order valence-corrected chi connectivity index (χ0v) is 10.2. The Morgan fingerprint density at radius 3 is 2.33 bits per heavy atom. The van der Waals surface area contributed by atoms with E-state index in [9.17, 15) is 13.8 Å². The molecule has 2 bridgehead atoms. The smallest absolute Gasteiger partial charge is 0.237 e. The van der Waals surface area contributed by atoms with Gasteiger partial charge in [0.2, 0.25) is 11.8 Å². The van der Waals surface area contributed by atoms with Crippen LogP contribution in [0.3, 0.4) is 0 Å². The molecule has 6 heteroatoms. The Labute approximate surface area is 106 Å². The highest BCUT2D eigenvalue weighted by Crippen LogP contribution is 2.50. The van der Waals surface area contributed by atoms with Gasteiger partial charge >= 0.3 is 0 Å². The lowest BCUT2D eigenvalue weighted by Crippen LogP contribution is -2.64. The number of hydrogen-bond acceptors (Lipinski definition) is 3. The number of benzene rings is 1. The van der Waals surface area contributed by atoms with E-state index < -0.39 is 16.5 Å². The Kier molecular flexibility index (Phi) is 2.39. The number of fused-ring (bicyclic) bond motifs is 2. The van der Waals surface area contributed by atoms with Crippen molar-refractivity contribution in [3.8, 4) is 0 Å². The highest BCUT2D eigenvalue weighted by molar-refractivity contribution is 7.79. The number of hydrogen-bond donors (Lipinski definition) is 2. The van der Waals surface area contributed by atoms with E-state index in [0.29, 0.717) is 17.7 Å². The van der Waals surface area contributed by atoms with Gasteiger partial charge in [0.1, 0.15) is 0 Å². The average Bonchev–Trinajstić information content (AvgIpc) is 2.27. The van der Waals surface area contributed by atoms with Crippen molar-refractivity contribution < 1.29 is 18.4 Å². The summed E-state index contributed by atoms with van der Waals surface area (Å²) in [4.78, 5) is 23.6. The van der Waals surface area contributed by atoms with E-state index >= 15 is 0 Å². The van der Waals surface area contributed by atoms with Gasteiger partial charge in [-0.1, -0.05) is 12.1 Å². The van der Waals surface area contributed by atoms with Crippen LogP contribution in [-0.4, -0.2) is 20.6 Å². The fraction of sp³-hybridized carbons (Fsp3) is 0.333. The van der Waals surface area contributed by atoms with Gasteiger partial charge in [0.25, 0.3) is 0 Å². The van der Waals surface area contributed by atoms with Crippen molar-refractivity contribution in [2.24, 2.45) is 5.92 Å². The standard InChI is InChI=1S/C12H11NO4S/c14-10-7-5-12(6-7,11(15)13-10)8-1-3-9(4-2-8)18(16)17/h1-4,7H,5-6H2,(H,16,17)(H,13,14,15). The van der Waals surface area contributed by atoms with E-state index in [1.165, 1.54) is 12.1 Å². The Morgan fingerprint density at radius 2 is 1.83 bits per heavy atom. The quantitative estimate of drug-likeness (QED) is 0.605. The van der Waals surface area contributed by atoms with Crippen LogP contribution >= 0.6 is 0 Å². The van der Waals surface area contributed by atoms with Crippen LogP contribution in [0.5, 0.6) is 0 Å². The molecule has 1 aliphatic carbocycles. The first-order chi connectivity index (χ1) is 8.53. The van der Waals surface area contributed by atoms with Gasteiger partial charge < -0.3 is 4.55 Å². The Bertz CT molecular complexity index is 560. The monoisotopic (exact) mass is 265 g/mol. The van der Waals surface area contributed by atoms with Crippen LogP contribution in [0.2, 0.25) is 0 Å². The van der Waals surface area contributed by atoms with Crippen molar-refractivity contribution in [2.45, 2.75) is 23.2 Å². The van der Waals surface area contributed by atoms with Gasteiger partial charge in [0.15, 0.2) is 11.1 Å². The van der Waals surface area contributed by atoms with E-state index in [1.54, 1.807) is 12.1 Å². The van der Waals surface area contributed by atoms with Gasteiger partial charge in [0.05, 0.1) is 10.3 Å². The van der Waals surface area contributed by atoms with Gasteiger partial charge in [-0.2, -0.15) is 0 Å². The average molecular weight is 265 g/mol. The molecule has 3 fully saturated rings. The molecule has 0 aromatic heterocycles. The molecular weight excluding hydrogens is 254 g/mol. The van der Waals surface area contributed by atoms with Gasteiger partial charge in [-0.15, -0.1) is 0 Å². The van der Waals surface area contributed by atoms with E-state index in [2.05, 4.69) is 5.32 Å². The summed E-state index contributed by atoms with van der Waals surface area (Å²) >= 11 is -2.01. The second kappa shape index (κ2) is 3.73. The van der Waals surface area contributed by atoms with Gasteiger partial charge in [-0.25, -0.2) is 4.21 Å². The summed E-state index contributed by atoms with van der Waals surface area (Å²) in [6.45, 7) is 0. The lowest BCUT2D eigenvalue weighted by atomic mass is 9.55. The summed E-state index contributed by atoms with van der Waals surface area (Å²) in [6.07, 6.45) is 1.08. The molecule has 2 amide bonds. The third kappa shape index (κ3) is 1.46. The molecule has 0 spiro atoms. The molecule has 1 saturated carbocycles. The van der Waals surface area contributed by atoms with Crippen molar-refractivity contribution in [2.75, 3.05) is 0 Å². The molecule has 4 rings (SSSR count). The van der Waals surface area contributed by atoms with E-state index in [-0.39, 0.29) is 17.7 Å². The maximum absolute atomic E-state index is 11.9. The van der Waals surface area contributed by atoms with Crippen LogP contribution in [-0.2, 0) is 26.1 Å². The molecule has 1 aromatic rings. The number of carbonyl (C=O) groups is 2. The topological polar surface area (TPSA) is 83.5 Å². The van der Waals surface area contributed by atoms with Gasteiger partial charge in [0, 0.05) is 5.92 Å². The lowest BCUT2D eigenvalue weighted by Gasteiger charge is -2.49. The Hall–Kier alpha value is -1.53. The first kappa shape index (κ1) is 11.6. The molecular formula is C12H11NO4S. The molecule has 3 aliphatic rings. The van der Waals surface area contributed by atoms with E-state index in [1.807, 2.05) is 0 Å². The van der Waals surface area contributed by atoms with Crippen molar-refractivity contribution in [1.29, 1.82) is 0 Å². The molecule has 2 aliphatic heterocycles.